The van der Waals surface area contributed by atoms with E-state index in [4.69, 9.17) is 9.47 Å². The molecule has 0 aliphatic carbocycles. The zero-order valence-corrected chi connectivity index (χ0v) is 15.0. The number of carbonyl (C=O) groups is 2. The van der Waals surface area contributed by atoms with Gasteiger partial charge in [0.15, 0.2) is 0 Å². The summed E-state index contributed by atoms with van der Waals surface area (Å²) in [5, 5.41) is 0. The summed E-state index contributed by atoms with van der Waals surface area (Å²) in [7, 11) is 0. The zero-order chi connectivity index (χ0) is 17.2. The molecule has 4 heteroatoms. The Morgan fingerprint density at radius 3 is 1.36 bits per heavy atom. The predicted octanol–water partition coefficient (Wildman–Crippen LogP) is 4.57. The van der Waals surface area contributed by atoms with Crippen molar-refractivity contribution in [1.82, 2.24) is 0 Å². The van der Waals surface area contributed by atoms with Crippen LogP contribution in [0.25, 0.3) is 0 Å². The molecule has 22 heavy (non-hydrogen) atoms. The summed E-state index contributed by atoms with van der Waals surface area (Å²) in [6.45, 7) is 11.7. The van der Waals surface area contributed by atoms with Gasteiger partial charge in [0, 0.05) is 12.2 Å². The van der Waals surface area contributed by atoms with Crippen molar-refractivity contribution in [3.63, 3.8) is 0 Å². The van der Waals surface area contributed by atoms with Gasteiger partial charge in [-0.25, -0.2) is 9.59 Å². The Balaban J connectivity index is 4.34. The molecule has 0 spiro atoms. The fourth-order valence-corrected chi connectivity index (χ4v) is 2.06. The maximum atomic E-state index is 11.7. The van der Waals surface area contributed by atoms with Crippen LogP contribution >= 0.6 is 0 Å². The Kier molecular flexibility index (Phi) is 9.07. The molecule has 0 aromatic rings. The molecule has 0 aliphatic rings. The number of unbranched alkanes of at least 4 members (excludes halogenated alkanes) is 2. The molecule has 0 heterocycles. The Morgan fingerprint density at radius 2 is 1.09 bits per heavy atom. The van der Waals surface area contributed by atoms with Gasteiger partial charge in [0.2, 0.25) is 0 Å². The molecule has 0 rings (SSSR count). The van der Waals surface area contributed by atoms with E-state index in [1.54, 1.807) is 0 Å². The largest absolute Gasteiger partial charge is 0.457 e. The molecule has 0 amide bonds. The van der Waals surface area contributed by atoms with E-state index in [1.807, 2.05) is 27.7 Å². The van der Waals surface area contributed by atoms with E-state index >= 15 is 0 Å². The molecule has 0 radical (unpaired) electrons. The van der Waals surface area contributed by atoms with Crippen LogP contribution in [-0.4, -0.2) is 23.1 Å². The normalized spacial score (nSPS) is 12.5. The third kappa shape index (κ3) is 10.4. The molecule has 0 bridgehead atoms. The lowest BCUT2D eigenvalue weighted by Gasteiger charge is -2.25. The van der Waals surface area contributed by atoms with Gasteiger partial charge in [0.25, 0.3) is 0 Å². The Bertz CT molecular complexity index is 345. The lowest BCUT2D eigenvalue weighted by Crippen LogP contribution is -2.28. The summed E-state index contributed by atoms with van der Waals surface area (Å²) in [5.41, 5.74) is -1.02. The SMILES string of the molecule is CCCCC(C)(C)OC(=O)/C=C\C(=O)OC(C)(C)CCCC. The molecule has 0 aliphatic heterocycles. The van der Waals surface area contributed by atoms with E-state index < -0.39 is 23.1 Å². The van der Waals surface area contributed by atoms with E-state index in [9.17, 15) is 9.59 Å². The Morgan fingerprint density at radius 1 is 0.773 bits per heavy atom. The lowest BCUT2D eigenvalue weighted by atomic mass is 10.0. The Labute approximate surface area is 135 Å². The number of rotatable bonds is 10. The maximum absolute atomic E-state index is 11.7. The van der Waals surface area contributed by atoms with Crippen LogP contribution in [-0.2, 0) is 19.1 Å². The second kappa shape index (κ2) is 9.65. The topological polar surface area (TPSA) is 52.6 Å². The van der Waals surface area contributed by atoms with Gasteiger partial charge in [-0.05, 0) is 53.4 Å². The fraction of sp³-hybridized carbons (Fsp3) is 0.778. The van der Waals surface area contributed by atoms with E-state index in [2.05, 4.69) is 13.8 Å². The van der Waals surface area contributed by atoms with Gasteiger partial charge in [0.1, 0.15) is 11.2 Å². The van der Waals surface area contributed by atoms with Gasteiger partial charge in [-0.1, -0.05) is 26.7 Å². The molecular formula is C18H32O4. The summed E-state index contributed by atoms with van der Waals surface area (Å²) in [4.78, 5) is 23.5. The molecule has 0 atom stereocenters. The third-order valence-electron chi connectivity index (χ3n) is 3.37. The van der Waals surface area contributed by atoms with Crippen molar-refractivity contribution in [3.8, 4) is 0 Å². The average Bonchev–Trinajstić information content (AvgIpc) is 2.40. The van der Waals surface area contributed by atoms with Crippen LogP contribution in [0.2, 0.25) is 0 Å². The molecular weight excluding hydrogens is 280 g/mol. The number of esters is 2. The van der Waals surface area contributed by atoms with Gasteiger partial charge >= 0.3 is 11.9 Å². The van der Waals surface area contributed by atoms with E-state index in [0.717, 1.165) is 50.7 Å². The van der Waals surface area contributed by atoms with Crippen LogP contribution in [0.1, 0.15) is 80.1 Å². The molecule has 128 valence electrons. The van der Waals surface area contributed by atoms with E-state index in [1.165, 1.54) is 0 Å². The third-order valence-corrected chi connectivity index (χ3v) is 3.37. The maximum Gasteiger partial charge on any atom is 0.331 e. The minimum atomic E-state index is -0.512. The van der Waals surface area contributed by atoms with Crippen molar-refractivity contribution in [3.05, 3.63) is 12.2 Å². The average molecular weight is 312 g/mol. The summed E-state index contributed by atoms with van der Waals surface area (Å²) in [6, 6.07) is 0. The molecule has 0 aromatic carbocycles. The zero-order valence-electron chi connectivity index (χ0n) is 15.0. The first-order valence-electron chi connectivity index (χ1n) is 8.26. The van der Waals surface area contributed by atoms with Crippen molar-refractivity contribution in [2.45, 2.75) is 91.3 Å². The second-order valence-corrected chi connectivity index (χ2v) is 6.90. The smallest absolute Gasteiger partial charge is 0.331 e. The summed E-state index contributed by atoms with van der Waals surface area (Å²) in [5.74, 6) is -1.02. The lowest BCUT2D eigenvalue weighted by molar-refractivity contribution is -0.153. The first-order valence-corrected chi connectivity index (χ1v) is 8.26. The van der Waals surface area contributed by atoms with Gasteiger partial charge in [-0.15, -0.1) is 0 Å². The van der Waals surface area contributed by atoms with Crippen molar-refractivity contribution in [2.24, 2.45) is 0 Å². The van der Waals surface area contributed by atoms with Crippen LogP contribution in [0.4, 0.5) is 0 Å². The van der Waals surface area contributed by atoms with Gasteiger partial charge < -0.3 is 9.47 Å². The summed E-state index contributed by atoms with van der Waals surface area (Å²) in [6.07, 6.45) is 7.99. The fourth-order valence-electron chi connectivity index (χ4n) is 2.06. The van der Waals surface area contributed by atoms with Crippen molar-refractivity contribution in [2.75, 3.05) is 0 Å². The molecule has 0 saturated carbocycles. The standard InChI is InChI=1S/C18H32O4/c1-7-9-13-17(3,4)21-15(19)11-12-16(20)22-18(5,6)14-10-8-2/h11-12H,7-10,13-14H2,1-6H3/b12-11-. The molecule has 0 fully saturated rings. The highest BCUT2D eigenvalue weighted by Crippen LogP contribution is 2.19. The van der Waals surface area contributed by atoms with Crippen molar-refractivity contribution < 1.29 is 19.1 Å². The molecule has 0 saturated heterocycles. The molecule has 0 aromatic heterocycles. The molecule has 0 N–H and O–H groups in total. The van der Waals surface area contributed by atoms with Gasteiger partial charge in [-0.2, -0.15) is 0 Å². The van der Waals surface area contributed by atoms with Crippen LogP contribution in [0, 0.1) is 0 Å². The van der Waals surface area contributed by atoms with Crippen LogP contribution < -0.4 is 0 Å². The minimum Gasteiger partial charge on any atom is -0.457 e. The number of ether oxygens (including phenoxy) is 2. The van der Waals surface area contributed by atoms with E-state index in [0.29, 0.717) is 0 Å². The Hall–Kier alpha value is -1.32. The highest BCUT2D eigenvalue weighted by Gasteiger charge is 2.22. The van der Waals surface area contributed by atoms with Gasteiger partial charge in [0.05, 0.1) is 0 Å². The number of hydrogen-bond acceptors (Lipinski definition) is 4. The second-order valence-electron chi connectivity index (χ2n) is 6.90. The van der Waals surface area contributed by atoms with Gasteiger partial charge in [-0.3, -0.25) is 0 Å². The number of carbonyl (C=O) groups excluding carboxylic acids is 2. The van der Waals surface area contributed by atoms with E-state index in [-0.39, 0.29) is 0 Å². The minimum absolute atomic E-state index is 0.510. The van der Waals surface area contributed by atoms with Crippen LogP contribution in [0.3, 0.4) is 0 Å². The molecule has 0 unspecified atom stereocenters. The monoisotopic (exact) mass is 312 g/mol. The summed E-state index contributed by atoms with van der Waals surface area (Å²) >= 11 is 0. The first-order chi connectivity index (χ1) is 10.1. The quantitative estimate of drug-likeness (QED) is 0.438. The number of hydrogen-bond donors (Lipinski definition) is 0. The van der Waals surface area contributed by atoms with Crippen LogP contribution in [0.5, 0.6) is 0 Å². The summed E-state index contributed by atoms with van der Waals surface area (Å²) < 4.78 is 10.7. The highest BCUT2D eigenvalue weighted by molar-refractivity contribution is 5.91. The van der Waals surface area contributed by atoms with Crippen LogP contribution in [0.15, 0.2) is 12.2 Å². The highest BCUT2D eigenvalue weighted by atomic mass is 16.6. The predicted molar refractivity (Wildman–Crippen MR) is 88.5 cm³/mol. The first kappa shape index (κ1) is 20.7. The van der Waals surface area contributed by atoms with Crippen molar-refractivity contribution in [1.29, 1.82) is 0 Å². The molecule has 4 nitrogen and oxygen atoms in total. The van der Waals surface area contributed by atoms with Crippen molar-refractivity contribution >= 4 is 11.9 Å².